The predicted molar refractivity (Wildman–Crippen MR) is 60.0 cm³/mol. The van der Waals surface area contributed by atoms with E-state index in [1.807, 2.05) is 13.8 Å². The summed E-state index contributed by atoms with van der Waals surface area (Å²) in [7, 11) is 1.59. The molecular weight excluding hydrogens is 442 g/mol. The Labute approximate surface area is 133 Å². The van der Waals surface area contributed by atoms with Crippen molar-refractivity contribution in [3.8, 4) is 0 Å². The van der Waals surface area contributed by atoms with Gasteiger partial charge in [-0.15, -0.1) is 5.92 Å². The van der Waals surface area contributed by atoms with Crippen LogP contribution in [0.2, 0.25) is 0 Å². The van der Waals surface area contributed by atoms with Crippen LogP contribution in [0, 0.1) is 62.4 Å². The average molecular weight is 460 g/mol. The van der Waals surface area contributed by atoms with Crippen molar-refractivity contribution in [2.45, 2.75) is 20.0 Å². The van der Waals surface area contributed by atoms with E-state index in [1.165, 1.54) is 0 Å². The van der Waals surface area contributed by atoms with Crippen LogP contribution >= 0.6 is 0 Å². The number of nitrogens with zero attached hydrogens (tertiary/aromatic N) is 1. The second-order valence-electron chi connectivity index (χ2n) is 3.98. The SMILES string of the molecule is CO/C1=C(\C)CNC([N+](=O)[O-])[CH-][C@@H](C)CN1.[Th]. The molecule has 96 valence electrons. The van der Waals surface area contributed by atoms with Crippen LogP contribution < -0.4 is 10.6 Å². The zero-order valence-corrected chi connectivity index (χ0v) is 14.4. The monoisotopic (exact) mass is 460 g/mol. The van der Waals surface area contributed by atoms with E-state index in [0.29, 0.717) is 19.0 Å². The number of ether oxygens (including phenoxy) is 1. The van der Waals surface area contributed by atoms with Gasteiger partial charge in [0, 0.05) is 57.0 Å². The Balaban J connectivity index is 0.00000256. The molecule has 0 aromatic heterocycles. The van der Waals surface area contributed by atoms with E-state index >= 15 is 0 Å². The first-order valence-electron chi connectivity index (χ1n) is 5.24. The first-order valence-corrected chi connectivity index (χ1v) is 5.24. The molecular formula is C10H18N3O3Th-. The summed E-state index contributed by atoms with van der Waals surface area (Å²) < 4.78 is 5.18. The zero-order chi connectivity index (χ0) is 12.1. The molecule has 2 N–H and O–H groups in total. The minimum atomic E-state index is -0.803. The van der Waals surface area contributed by atoms with Gasteiger partial charge in [-0.25, -0.2) is 6.42 Å². The van der Waals surface area contributed by atoms with Gasteiger partial charge >= 0.3 is 0 Å². The number of nitrogens with one attached hydrogen (secondary N) is 2. The molecule has 1 rings (SSSR count). The summed E-state index contributed by atoms with van der Waals surface area (Å²) in [6.07, 6.45) is 0.891. The first-order chi connectivity index (χ1) is 7.54. The minimum Gasteiger partial charge on any atom is -0.483 e. The molecule has 0 bridgehead atoms. The summed E-state index contributed by atoms with van der Waals surface area (Å²) in [6, 6.07) is 0. The molecule has 1 unspecified atom stereocenters. The normalized spacial score (nSPS) is 30.1. The van der Waals surface area contributed by atoms with Crippen LogP contribution in [0.25, 0.3) is 0 Å². The molecule has 0 amide bonds. The molecule has 1 aliphatic rings. The maximum Gasteiger partial charge on any atom is 0.186 e. The van der Waals surface area contributed by atoms with E-state index in [1.54, 1.807) is 13.5 Å². The molecule has 0 saturated heterocycles. The van der Waals surface area contributed by atoms with E-state index in [2.05, 4.69) is 10.6 Å². The van der Waals surface area contributed by atoms with E-state index in [0.717, 1.165) is 5.57 Å². The Morgan fingerprint density at radius 3 is 2.76 bits per heavy atom. The third-order valence-corrected chi connectivity index (χ3v) is 2.49. The summed E-state index contributed by atoms with van der Waals surface area (Å²) in [6.45, 7) is 4.88. The fraction of sp³-hybridized carbons (Fsp3) is 0.700. The maximum atomic E-state index is 10.8. The number of rotatable bonds is 2. The van der Waals surface area contributed by atoms with Crippen molar-refractivity contribution in [2.24, 2.45) is 5.92 Å². The van der Waals surface area contributed by atoms with Gasteiger partial charge in [0.25, 0.3) is 0 Å². The van der Waals surface area contributed by atoms with Crippen LogP contribution in [-0.2, 0) is 4.74 Å². The van der Waals surface area contributed by atoms with Crippen molar-refractivity contribution >= 4 is 0 Å². The van der Waals surface area contributed by atoms with Gasteiger partial charge in [0.1, 0.15) is 0 Å². The number of hydrogen-bond acceptors (Lipinski definition) is 5. The van der Waals surface area contributed by atoms with E-state index in [-0.39, 0.29) is 50.8 Å². The van der Waals surface area contributed by atoms with Crippen LogP contribution in [0.15, 0.2) is 11.5 Å². The van der Waals surface area contributed by atoms with Crippen molar-refractivity contribution in [3.05, 3.63) is 28.0 Å². The maximum absolute atomic E-state index is 10.8. The van der Waals surface area contributed by atoms with Gasteiger partial charge in [-0.05, 0) is 13.5 Å². The molecule has 1 heterocycles. The van der Waals surface area contributed by atoms with Gasteiger partial charge in [0.05, 0.1) is 7.11 Å². The Morgan fingerprint density at radius 2 is 2.24 bits per heavy atom. The van der Waals surface area contributed by atoms with E-state index in [4.69, 9.17) is 4.74 Å². The molecule has 0 radical (unpaired) electrons. The van der Waals surface area contributed by atoms with Crippen molar-refractivity contribution < 1.29 is 49.6 Å². The quantitative estimate of drug-likeness (QED) is 0.357. The van der Waals surface area contributed by atoms with Gasteiger partial charge in [-0.2, -0.15) is 0 Å². The second-order valence-corrected chi connectivity index (χ2v) is 3.98. The van der Waals surface area contributed by atoms with Crippen molar-refractivity contribution in [3.63, 3.8) is 0 Å². The fourth-order valence-electron chi connectivity index (χ4n) is 1.58. The molecule has 7 heteroatoms. The van der Waals surface area contributed by atoms with Crippen LogP contribution in [0.5, 0.6) is 0 Å². The van der Waals surface area contributed by atoms with Gasteiger partial charge < -0.3 is 10.1 Å². The fourth-order valence-corrected chi connectivity index (χ4v) is 1.58. The summed E-state index contributed by atoms with van der Waals surface area (Å²) in [4.78, 5) is 10.5. The van der Waals surface area contributed by atoms with Gasteiger partial charge in [0.15, 0.2) is 12.0 Å². The molecule has 0 aromatic rings. The van der Waals surface area contributed by atoms with E-state index in [9.17, 15) is 10.1 Å². The second kappa shape index (κ2) is 8.18. The summed E-state index contributed by atoms with van der Waals surface area (Å²) in [5.74, 6) is 0.788. The number of nitro groups is 1. The van der Waals surface area contributed by atoms with Crippen LogP contribution in [-0.4, -0.2) is 31.3 Å². The summed E-state index contributed by atoms with van der Waals surface area (Å²) in [5.41, 5.74) is 0.928. The third kappa shape index (κ3) is 5.46. The topological polar surface area (TPSA) is 76.4 Å². The zero-order valence-electron chi connectivity index (χ0n) is 10.3. The molecule has 0 aromatic carbocycles. The molecule has 0 fully saturated rings. The molecule has 2 atom stereocenters. The van der Waals surface area contributed by atoms with Crippen LogP contribution in [0.4, 0.5) is 0 Å². The van der Waals surface area contributed by atoms with Crippen molar-refractivity contribution in [2.75, 3.05) is 20.2 Å². The Kier molecular flexibility index (Phi) is 8.20. The molecule has 0 spiro atoms. The number of hydrogen-bond donors (Lipinski definition) is 2. The summed E-state index contributed by atoms with van der Waals surface area (Å²) >= 11 is 0. The number of methoxy groups -OCH3 is 1. The molecule has 0 saturated carbocycles. The van der Waals surface area contributed by atoms with Crippen molar-refractivity contribution in [1.29, 1.82) is 0 Å². The Bertz CT molecular complexity index is 297. The molecule has 17 heavy (non-hydrogen) atoms. The van der Waals surface area contributed by atoms with E-state index < -0.39 is 6.17 Å². The Morgan fingerprint density at radius 1 is 1.59 bits per heavy atom. The van der Waals surface area contributed by atoms with Crippen LogP contribution in [0.1, 0.15) is 13.8 Å². The van der Waals surface area contributed by atoms with Crippen LogP contribution in [0.3, 0.4) is 0 Å². The largest absolute Gasteiger partial charge is 0.483 e. The smallest absolute Gasteiger partial charge is 0.186 e. The average Bonchev–Trinajstić information content (AvgIpc) is 2.29. The van der Waals surface area contributed by atoms with Gasteiger partial charge in [-0.1, -0.05) is 6.92 Å². The predicted octanol–water partition coefficient (Wildman–Crippen LogP) is 0.500. The standard InChI is InChI=1S/C10H18N3O3.Th/c1-7-4-9(13(14)15)11-6-8(2)10(16-3)12-5-7;/h4,7,9,11-12H,5-6H2,1-3H3;/q-1;/b10-8+;/t7-,9?;/m1./s1. The molecule has 6 nitrogen and oxygen atoms in total. The molecule has 1 aliphatic heterocycles. The summed E-state index contributed by atoms with van der Waals surface area (Å²) in [5, 5.41) is 16.8. The Hall–Kier alpha value is 0.0247. The van der Waals surface area contributed by atoms with Gasteiger partial charge in [0.2, 0.25) is 0 Å². The molecule has 0 aliphatic carbocycles. The third-order valence-electron chi connectivity index (χ3n) is 2.49. The minimum absolute atomic E-state index is 0. The van der Waals surface area contributed by atoms with Crippen molar-refractivity contribution in [1.82, 2.24) is 10.6 Å². The van der Waals surface area contributed by atoms with Gasteiger partial charge in [-0.3, -0.25) is 15.4 Å². The first kappa shape index (κ1) is 17.0.